The fourth-order valence-corrected chi connectivity index (χ4v) is 5.00. The fraction of sp³-hybridized carbons (Fsp3) is 0.286. The van der Waals surface area contributed by atoms with Crippen LogP contribution in [-0.2, 0) is 32.6 Å². The van der Waals surface area contributed by atoms with Crippen LogP contribution in [0.5, 0.6) is 0 Å². The molecule has 1 atom stereocenters. The average Bonchev–Trinajstić information content (AvgIpc) is 2.89. The lowest BCUT2D eigenvalue weighted by Crippen LogP contribution is -2.53. The van der Waals surface area contributed by atoms with E-state index in [1.165, 1.54) is 17.0 Å². The summed E-state index contributed by atoms with van der Waals surface area (Å²) < 4.78 is 39.8. The van der Waals surface area contributed by atoms with Crippen LogP contribution in [0.4, 0.5) is 10.1 Å². The first-order valence-electron chi connectivity index (χ1n) is 12.2. The predicted molar refractivity (Wildman–Crippen MR) is 148 cm³/mol. The van der Waals surface area contributed by atoms with Gasteiger partial charge in [0.05, 0.1) is 11.9 Å². The van der Waals surface area contributed by atoms with Crippen LogP contribution >= 0.6 is 11.6 Å². The van der Waals surface area contributed by atoms with Crippen molar-refractivity contribution in [1.29, 1.82) is 0 Å². The van der Waals surface area contributed by atoms with Gasteiger partial charge < -0.3 is 10.2 Å². The van der Waals surface area contributed by atoms with E-state index < -0.39 is 34.3 Å². The molecule has 38 heavy (non-hydrogen) atoms. The second-order valence-corrected chi connectivity index (χ2v) is 11.2. The number of benzene rings is 3. The van der Waals surface area contributed by atoms with Gasteiger partial charge >= 0.3 is 0 Å². The third-order valence-corrected chi connectivity index (χ3v) is 7.42. The highest BCUT2D eigenvalue weighted by Gasteiger charge is 2.33. The largest absolute Gasteiger partial charge is 0.354 e. The van der Waals surface area contributed by atoms with Gasteiger partial charge in [-0.1, -0.05) is 67.1 Å². The van der Waals surface area contributed by atoms with Crippen molar-refractivity contribution in [3.8, 4) is 0 Å². The maximum Gasteiger partial charge on any atom is 0.244 e. The molecule has 0 heterocycles. The highest BCUT2D eigenvalue weighted by molar-refractivity contribution is 7.92. The number of nitrogens with one attached hydrogen (secondary N) is 1. The lowest BCUT2D eigenvalue weighted by atomic mass is 10.0. The molecule has 0 fully saturated rings. The van der Waals surface area contributed by atoms with Gasteiger partial charge in [0.25, 0.3) is 0 Å². The molecule has 0 aliphatic carbocycles. The Morgan fingerprint density at radius 1 is 0.974 bits per heavy atom. The SMILES string of the molecule is CCCNC(=O)C(Cc1ccccc1)N(Cc1ccccc1Cl)C(=O)CN(c1ccc(F)cc1)S(C)(=O)=O. The van der Waals surface area contributed by atoms with Crippen molar-refractivity contribution in [2.45, 2.75) is 32.4 Å². The van der Waals surface area contributed by atoms with E-state index in [4.69, 9.17) is 11.6 Å². The molecule has 0 aromatic heterocycles. The fourth-order valence-electron chi connectivity index (χ4n) is 3.95. The van der Waals surface area contributed by atoms with Crippen LogP contribution in [0, 0.1) is 5.82 Å². The van der Waals surface area contributed by atoms with Crippen molar-refractivity contribution in [3.05, 3.63) is 101 Å². The molecule has 3 aromatic carbocycles. The number of halogens is 2. The Hall–Kier alpha value is -3.43. The summed E-state index contributed by atoms with van der Waals surface area (Å²) in [7, 11) is -3.92. The Labute approximate surface area is 228 Å². The monoisotopic (exact) mass is 559 g/mol. The van der Waals surface area contributed by atoms with Crippen LogP contribution in [0.1, 0.15) is 24.5 Å². The first-order valence-corrected chi connectivity index (χ1v) is 14.4. The van der Waals surface area contributed by atoms with Crippen LogP contribution in [0.2, 0.25) is 5.02 Å². The van der Waals surface area contributed by atoms with E-state index in [1.807, 2.05) is 37.3 Å². The number of nitrogens with zero attached hydrogens (tertiary/aromatic N) is 2. The number of rotatable bonds is 12. The smallest absolute Gasteiger partial charge is 0.244 e. The average molecular weight is 560 g/mol. The van der Waals surface area contributed by atoms with Crippen molar-refractivity contribution in [3.63, 3.8) is 0 Å². The van der Waals surface area contributed by atoms with E-state index >= 15 is 0 Å². The first kappa shape index (κ1) is 29.1. The summed E-state index contributed by atoms with van der Waals surface area (Å²) in [5.41, 5.74) is 1.58. The van der Waals surface area contributed by atoms with Gasteiger partial charge in [-0.2, -0.15) is 0 Å². The molecule has 0 aliphatic heterocycles. The minimum atomic E-state index is -3.92. The molecule has 10 heteroatoms. The molecule has 3 aromatic rings. The number of hydrogen-bond acceptors (Lipinski definition) is 4. The molecule has 0 saturated carbocycles. The maximum atomic E-state index is 13.9. The number of sulfonamides is 1. The summed E-state index contributed by atoms with van der Waals surface area (Å²) in [6.07, 6.45) is 1.88. The van der Waals surface area contributed by atoms with Crippen LogP contribution in [-0.4, -0.2) is 50.5 Å². The normalized spacial score (nSPS) is 12.0. The number of anilines is 1. The van der Waals surface area contributed by atoms with Gasteiger partial charge in [0.1, 0.15) is 18.4 Å². The Kier molecular flexibility index (Phi) is 10.3. The van der Waals surface area contributed by atoms with Crippen LogP contribution in [0.15, 0.2) is 78.9 Å². The Balaban J connectivity index is 2.04. The zero-order valence-electron chi connectivity index (χ0n) is 21.3. The predicted octanol–water partition coefficient (Wildman–Crippen LogP) is 4.41. The molecule has 0 aliphatic rings. The standard InChI is InChI=1S/C28H31ClFN3O4S/c1-3-17-31-28(35)26(18-21-9-5-4-6-10-21)32(19-22-11-7-8-12-25(22)29)27(34)20-33(38(2,36)37)24-15-13-23(30)14-16-24/h4-16,26H,3,17-20H2,1-2H3,(H,31,35). The van der Waals surface area contributed by atoms with Crippen molar-refractivity contribution < 1.29 is 22.4 Å². The van der Waals surface area contributed by atoms with E-state index in [1.54, 1.807) is 24.3 Å². The summed E-state index contributed by atoms with van der Waals surface area (Å²) in [6.45, 7) is 1.74. The zero-order chi connectivity index (χ0) is 27.7. The number of amides is 2. The summed E-state index contributed by atoms with van der Waals surface area (Å²) >= 11 is 6.41. The van der Waals surface area contributed by atoms with Gasteiger partial charge in [0.15, 0.2) is 0 Å². The maximum absolute atomic E-state index is 13.9. The topological polar surface area (TPSA) is 86.8 Å². The van der Waals surface area contributed by atoms with E-state index in [2.05, 4.69) is 5.32 Å². The number of carbonyl (C=O) groups is 2. The summed E-state index contributed by atoms with van der Waals surface area (Å²) in [6, 6.07) is 20.1. The van der Waals surface area contributed by atoms with Crippen LogP contribution in [0.25, 0.3) is 0 Å². The summed E-state index contributed by atoms with van der Waals surface area (Å²) in [5.74, 6) is -1.50. The molecule has 1 unspecified atom stereocenters. The third-order valence-electron chi connectivity index (χ3n) is 5.91. The molecule has 0 saturated heterocycles. The van der Waals surface area contributed by atoms with E-state index in [-0.39, 0.29) is 24.6 Å². The van der Waals surface area contributed by atoms with Gasteiger partial charge in [0.2, 0.25) is 21.8 Å². The quantitative estimate of drug-likeness (QED) is 0.356. The lowest BCUT2D eigenvalue weighted by molar-refractivity contribution is -0.140. The minimum Gasteiger partial charge on any atom is -0.354 e. The van der Waals surface area contributed by atoms with Crippen molar-refractivity contribution >= 4 is 39.1 Å². The highest BCUT2D eigenvalue weighted by atomic mass is 35.5. The van der Waals surface area contributed by atoms with Crippen molar-refractivity contribution in [1.82, 2.24) is 10.2 Å². The highest BCUT2D eigenvalue weighted by Crippen LogP contribution is 2.23. The Morgan fingerprint density at radius 3 is 2.21 bits per heavy atom. The van der Waals surface area contributed by atoms with Crippen molar-refractivity contribution in [2.75, 3.05) is 23.7 Å². The van der Waals surface area contributed by atoms with E-state index in [9.17, 15) is 22.4 Å². The number of carbonyl (C=O) groups excluding carboxylic acids is 2. The van der Waals surface area contributed by atoms with Gasteiger partial charge in [-0.05, 0) is 47.9 Å². The van der Waals surface area contributed by atoms with Crippen molar-refractivity contribution in [2.24, 2.45) is 0 Å². The molecule has 0 bridgehead atoms. The van der Waals surface area contributed by atoms with E-state index in [0.29, 0.717) is 23.6 Å². The van der Waals surface area contributed by atoms with Gasteiger partial charge in [-0.3, -0.25) is 13.9 Å². The minimum absolute atomic E-state index is 0.0173. The van der Waals surface area contributed by atoms with Gasteiger partial charge in [-0.15, -0.1) is 0 Å². The van der Waals surface area contributed by atoms with E-state index in [0.717, 1.165) is 28.3 Å². The molecule has 0 spiro atoms. The van der Waals surface area contributed by atoms with Crippen LogP contribution in [0.3, 0.4) is 0 Å². The molecule has 7 nitrogen and oxygen atoms in total. The molecule has 1 N–H and O–H groups in total. The summed E-state index contributed by atoms with van der Waals surface area (Å²) in [4.78, 5) is 28.7. The molecule has 2 amide bonds. The Bertz CT molecular complexity index is 1340. The Morgan fingerprint density at radius 2 is 1.61 bits per heavy atom. The van der Waals surface area contributed by atoms with Gasteiger partial charge in [0, 0.05) is 24.5 Å². The third kappa shape index (κ3) is 8.03. The zero-order valence-corrected chi connectivity index (χ0v) is 22.9. The molecular weight excluding hydrogens is 529 g/mol. The second kappa shape index (κ2) is 13.4. The first-order chi connectivity index (χ1) is 18.1. The second-order valence-electron chi connectivity index (χ2n) is 8.86. The van der Waals surface area contributed by atoms with Gasteiger partial charge in [-0.25, -0.2) is 12.8 Å². The molecule has 202 valence electrons. The van der Waals surface area contributed by atoms with Crippen LogP contribution < -0.4 is 9.62 Å². The summed E-state index contributed by atoms with van der Waals surface area (Å²) in [5, 5.41) is 3.28. The number of hydrogen-bond donors (Lipinski definition) is 1. The molecule has 0 radical (unpaired) electrons. The molecule has 3 rings (SSSR count). The molecular formula is C28H31ClFN3O4S. The lowest BCUT2D eigenvalue weighted by Gasteiger charge is -2.33.